The van der Waals surface area contributed by atoms with Gasteiger partial charge in [0.15, 0.2) is 0 Å². The van der Waals surface area contributed by atoms with Gasteiger partial charge >= 0.3 is 0 Å². The zero-order chi connectivity index (χ0) is 12.3. The van der Waals surface area contributed by atoms with Gasteiger partial charge in [-0.3, -0.25) is 4.90 Å². The first-order valence-electron chi connectivity index (χ1n) is 6.44. The number of hydrogen-bond acceptors (Lipinski definition) is 2. The fourth-order valence-electron chi connectivity index (χ4n) is 2.49. The molecule has 2 atom stereocenters. The number of benzene rings is 1. The first-order chi connectivity index (χ1) is 8.22. The lowest BCUT2D eigenvalue weighted by atomic mass is 10.0. The van der Waals surface area contributed by atoms with Gasteiger partial charge in [-0.25, -0.2) is 0 Å². The van der Waals surface area contributed by atoms with Gasteiger partial charge in [-0.1, -0.05) is 36.7 Å². The SMILES string of the molecule is CCC1CN(C(C)c2ccccc2Cl)CCN1. The van der Waals surface area contributed by atoms with Gasteiger partial charge in [-0.15, -0.1) is 0 Å². The number of rotatable bonds is 3. The van der Waals surface area contributed by atoms with Crippen LogP contribution in [0.3, 0.4) is 0 Å². The fourth-order valence-corrected chi connectivity index (χ4v) is 2.78. The molecule has 3 heteroatoms. The number of nitrogens with zero attached hydrogens (tertiary/aromatic N) is 1. The zero-order valence-electron chi connectivity index (χ0n) is 10.6. The molecule has 1 fully saturated rings. The molecule has 1 N–H and O–H groups in total. The molecule has 1 heterocycles. The molecule has 0 amide bonds. The van der Waals surface area contributed by atoms with Crippen LogP contribution in [0.25, 0.3) is 0 Å². The molecule has 0 aliphatic carbocycles. The Balaban J connectivity index is 2.09. The third-order valence-corrected chi connectivity index (χ3v) is 4.03. The first kappa shape index (κ1) is 12.9. The summed E-state index contributed by atoms with van der Waals surface area (Å²) in [7, 11) is 0. The number of hydrogen-bond donors (Lipinski definition) is 1. The van der Waals surface area contributed by atoms with Gasteiger partial charge < -0.3 is 5.32 Å². The Morgan fingerprint density at radius 3 is 2.94 bits per heavy atom. The molecule has 94 valence electrons. The standard InChI is InChI=1S/C14H21ClN2/c1-3-12-10-17(9-8-16-12)11(2)13-6-4-5-7-14(13)15/h4-7,11-12,16H,3,8-10H2,1-2H3. The molecule has 2 unspecified atom stereocenters. The van der Waals surface area contributed by atoms with E-state index in [0.29, 0.717) is 12.1 Å². The van der Waals surface area contributed by atoms with Crippen molar-refractivity contribution < 1.29 is 0 Å². The molecule has 1 aliphatic heterocycles. The van der Waals surface area contributed by atoms with Crippen molar-refractivity contribution in [2.45, 2.75) is 32.4 Å². The van der Waals surface area contributed by atoms with Crippen molar-refractivity contribution in [3.63, 3.8) is 0 Å². The molecule has 1 saturated heterocycles. The summed E-state index contributed by atoms with van der Waals surface area (Å²) in [6.45, 7) is 7.78. The fraction of sp³-hybridized carbons (Fsp3) is 0.571. The minimum absolute atomic E-state index is 0.403. The number of nitrogens with one attached hydrogen (secondary N) is 1. The van der Waals surface area contributed by atoms with Gasteiger partial charge in [0.2, 0.25) is 0 Å². The van der Waals surface area contributed by atoms with Crippen LogP contribution in [0.4, 0.5) is 0 Å². The van der Waals surface area contributed by atoms with Gasteiger partial charge in [0.25, 0.3) is 0 Å². The Labute approximate surface area is 109 Å². The van der Waals surface area contributed by atoms with Crippen molar-refractivity contribution in [3.8, 4) is 0 Å². The largest absolute Gasteiger partial charge is 0.311 e. The van der Waals surface area contributed by atoms with Crippen molar-refractivity contribution >= 4 is 11.6 Å². The van der Waals surface area contributed by atoms with Crippen molar-refractivity contribution in [1.29, 1.82) is 0 Å². The predicted molar refractivity (Wildman–Crippen MR) is 73.5 cm³/mol. The van der Waals surface area contributed by atoms with Crippen LogP contribution in [0.5, 0.6) is 0 Å². The summed E-state index contributed by atoms with van der Waals surface area (Å²) < 4.78 is 0. The average molecular weight is 253 g/mol. The molecule has 0 radical (unpaired) electrons. The molecule has 0 spiro atoms. The third-order valence-electron chi connectivity index (χ3n) is 3.68. The molecule has 2 rings (SSSR count). The van der Waals surface area contributed by atoms with Gasteiger partial charge in [-0.05, 0) is 25.0 Å². The molecule has 1 aromatic carbocycles. The second-order valence-electron chi connectivity index (χ2n) is 4.75. The van der Waals surface area contributed by atoms with E-state index in [2.05, 4.69) is 36.2 Å². The minimum Gasteiger partial charge on any atom is -0.311 e. The van der Waals surface area contributed by atoms with Crippen LogP contribution in [-0.4, -0.2) is 30.6 Å². The van der Waals surface area contributed by atoms with Crippen LogP contribution in [0.2, 0.25) is 5.02 Å². The number of halogens is 1. The highest BCUT2D eigenvalue weighted by Gasteiger charge is 2.23. The monoisotopic (exact) mass is 252 g/mol. The molecule has 1 aliphatic rings. The lowest BCUT2D eigenvalue weighted by Crippen LogP contribution is -2.50. The molecule has 1 aromatic rings. The second kappa shape index (κ2) is 5.85. The van der Waals surface area contributed by atoms with Crippen LogP contribution in [0, 0.1) is 0 Å². The summed E-state index contributed by atoms with van der Waals surface area (Å²) in [5, 5.41) is 4.43. The van der Waals surface area contributed by atoms with E-state index in [-0.39, 0.29) is 0 Å². The Morgan fingerprint density at radius 2 is 2.24 bits per heavy atom. The third kappa shape index (κ3) is 3.01. The zero-order valence-corrected chi connectivity index (χ0v) is 11.4. The summed E-state index contributed by atoms with van der Waals surface area (Å²) in [6, 6.07) is 9.19. The second-order valence-corrected chi connectivity index (χ2v) is 5.16. The predicted octanol–water partition coefficient (Wildman–Crippen LogP) is 3.08. The molecule has 17 heavy (non-hydrogen) atoms. The van der Waals surface area contributed by atoms with E-state index in [4.69, 9.17) is 11.6 Å². The van der Waals surface area contributed by atoms with Crippen molar-refractivity contribution in [3.05, 3.63) is 34.9 Å². The average Bonchev–Trinajstić information content (AvgIpc) is 2.38. The summed E-state index contributed by atoms with van der Waals surface area (Å²) in [5.74, 6) is 0. The van der Waals surface area contributed by atoms with Crippen molar-refractivity contribution in [1.82, 2.24) is 10.2 Å². The van der Waals surface area contributed by atoms with E-state index in [9.17, 15) is 0 Å². The normalized spacial score (nSPS) is 23.6. The van der Waals surface area contributed by atoms with E-state index in [1.54, 1.807) is 0 Å². The molecule has 0 saturated carbocycles. The Hall–Kier alpha value is -0.570. The van der Waals surface area contributed by atoms with Gasteiger partial charge in [0, 0.05) is 36.7 Å². The smallest absolute Gasteiger partial charge is 0.0453 e. The molecule has 2 nitrogen and oxygen atoms in total. The van der Waals surface area contributed by atoms with Gasteiger partial charge in [0.05, 0.1) is 0 Å². The highest BCUT2D eigenvalue weighted by atomic mass is 35.5. The Morgan fingerprint density at radius 1 is 1.47 bits per heavy atom. The highest BCUT2D eigenvalue weighted by Crippen LogP contribution is 2.27. The van der Waals surface area contributed by atoms with Crippen LogP contribution in [-0.2, 0) is 0 Å². The molecule has 0 bridgehead atoms. The Kier molecular flexibility index (Phi) is 4.43. The van der Waals surface area contributed by atoms with Crippen molar-refractivity contribution in [2.75, 3.05) is 19.6 Å². The maximum absolute atomic E-state index is 6.27. The van der Waals surface area contributed by atoms with Gasteiger partial charge in [-0.2, -0.15) is 0 Å². The maximum atomic E-state index is 6.27. The van der Waals surface area contributed by atoms with E-state index in [1.807, 2.05) is 12.1 Å². The summed E-state index contributed by atoms with van der Waals surface area (Å²) in [4.78, 5) is 2.52. The summed E-state index contributed by atoms with van der Waals surface area (Å²) in [6.07, 6.45) is 1.19. The van der Waals surface area contributed by atoms with Crippen LogP contribution >= 0.6 is 11.6 Å². The highest BCUT2D eigenvalue weighted by molar-refractivity contribution is 6.31. The minimum atomic E-state index is 0.403. The molecular formula is C14H21ClN2. The molecule has 0 aromatic heterocycles. The summed E-state index contributed by atoms with van der Waals surface area (Å²) in [5.41, 5.74) is 1.24. The van der Waals surface area contributed by atoms with E-state index in [0.717, 1.165) is 24.7 Å². The van der Waals surface area contributed by atoms with Crippen LogP contribution < -0.4 is 5.32 Å². The van der Waals surface area contributed by atoms with Gasteiger partial charge in [0.1, 0.15) is 0 Å². The first-order valence-corrected chi connectivity index (χ1v) is 6.82. The van der Waals surface area contributed by atoms with E-state index in [1.165, 1.54) is 12.0 Å². The van der Waals surface area contributed by atoms with Crippen LogP contribution in [0.1, 0.15) is 31.9 Å². The lowest BCUT2D eigenvalue weighted by molar-refractivity contribution is 0.151. The quantitative estimate of drug-likeness (QED) is 0.890. The lowest BCUT2D eigenvalue weighted by Gasteiger charge is -2.37. The maximum Gasteiger partial charge on any atom is 0.0453 e. The Bertz CT molecular complexity index is 367. The van der Waals surface area contributed by atoms with E-state index < -0.39 is 0 Å². The number of piperazine rings is 1. The summed E-state index contributed by atoms with van der Waals surface area (Å²) >= 11 is 6.27. The van der Waals surface area contributed by atoms with Crippen LogP contribution in [0.15, 0.2) is 24.3 Å². The van der Waals surface area contributed by atoms with E-state index >= 15 is 0 Å². The van der Waals surface area contributed by atoms with Crippen molar-refractivity contribution in [2.24, 2.45) is 0 Å². The molecular weight excluding hydrogens is 232 g/mol. The topological polar surface area (TPSA) is 15.3 Å².